The molecule has 0 nitrogen and oxygen atoms in total. The maximum atomic E-state index is 2.24. The summed E-state index contributed by atoms with van der Waals surface area (Å²) in [5.74, 6) is 0. The normalized spacial score (nSPS) is 7.43. The van der Waals surface area contributed by atoms with Crippen LogP contribution in [0.1, 0.15) is 27.7 Å². The molecule has 0 fully saturated rings. The van der Waals surface area contributed by atoms with Crippen LogP contribution in [0.25, 0.3) is 0 Å². The summed E-state index contributed by atoms with van der Waals surface area (Å²) < 4.78 is 3.34. The molecule has 0 aliphatic heterocycles. The molecule has 40 valence electrons. The monoisotopic (exact) mass is 174 g/mol. The Bertz CT molecular complexity index is 96.1. The molecule has 0 heterocycles. The van der Waals surface area contributed by atoms with Crippen LogP contribution in [0.15, 0.2) is 0 Å². The molecule has 0 saturated carbocycles. The van der Waals surface area contributed by atoms with Crippen molar-refractivity contribution in [1.82, 2.24) is 0 Å². The van der Waals surface area contributed by atoms with Gasteiger partial charge in [-0.3, -0.25) is 0 Å². The van der Waals surface area contributed by atoms with Crippen LogP contribution in [0, 0.1) is 0 Å². The zero-order valence-electron chi connectivity index (χ0n) is 5.50. The van der Waals surface area contributed by atoms with Crippen molar-refractivity contribution in [2.24, 2.45) is 0 Å². The molecule has 0 N–H and O–H groups in total. The van der Waals surface area contributed by atoms with E-state index >= 15 is 0 Å². The van der Waals surface area contributed by atoms with Gasteiger partial charge in [-0.15, -0.1) is 0 Å². The molecule has 1 heteroatoms. The molecule has 0 unspecified atom stereocenters. The Morgan fingerprint density at radius 2 is 1.14 bits per heavy atom. The number of hydrogen-bond acceptors (Lipinski definition) is 0. The van der Waals surface area contributed by atoms with E-state index in [-0.39, 0.29) is 22.3 Å². The average Bonchev–Trinajstić information content (AvgIpc) is 1.27. The van der Waals surface area contributed by atoms with E-state index in [4.69, 9.17) is 0 Å². The van der Waals surface area contributed by atoms with Gasteiger partial charge < -0.3 is 0 Å². The fourth-order valence-electron chi connectivity index (χ4n) is 0.500. The van der Waals surface area contributed by atoms with Crippen molar-refractivity contribution in [3.63, 3.8) is 0 Å². The zero-order valence-corrected chi connectivity index (χ0v) is 7.96. The van der Waals surface area contributed by atoms with Crippen molar-refractivity contribution in [1.29, 1.82) is 0 Å². The fourth-order valence-corrected chi connectivity index (χ4v) is 2.96. The van der Waals surface area contributed by atoms with Crippen LogP contribution in [-0.2, 0) is 22.3 Å². The molecule has 0 aliphatic carbocycles. The third-order valence-electron chi connectivity index (χ3n) is 0.500. The summed E-state index contributed by atoms with van der Waals surface area (Å²) in [4.78, 5) is 0. The van der Waals surface area contributed by atoms with E-state index in [9.17, 15) is 0 Å². The van der Waals surface area contributed by atoms with E-state index in [2.05, 4.69) is 27.7 Å². The van der Waals surface area contributed by atoms with Crippen LogP contribution in [0.3, 0.4) is 0 Å². The van der Waals surface area contributed by atoms with Crippen molar-refractivity contribution in [2.45, 2.75) is 27.7 Å². The van der Waals surface area contributed by atoms with Gasteiger partial charge in [-0.1, -0.05) is 0 Å². The topological polar surface area (TPSA) is 0 Å². The summed E-state index contributed by atoms with van der Waals surface area (Å²) in [5, 5.41) is 0. The van der Waals surface area contributed by atoms with Gasteiger partial charge in [0.05, 0.1) is 0 Å². The van der Waals surface area contributed by atoms with Crippen molar-refractivity contribution in [3.8, 4) is 0 Å². The van der Waals surface area contributed by atoms with Gasteiger partial charge in [0.15, 0.2) is 0 Å². The van der Waals surface area contributed by atoms with Crippen molar-refractivity contribution < 1.29 is 22.3 Å². The first-order valence-corrected chi connectivity index (χ1v) is 4.96. The molecule has 0 rings (SSSR count). The predicted octanol–water partition coefficient (Wildman–Crippen LogP) is 1.49. The van der Waals surface area contributed by atoms with E-state index in [1.165, 1.54) is 0 Å². The van der Waals surface area contributed by atoms with Gasteiger partial charge in [0.1, 0.15) is 0 Å². The van der Waals surface area contributed by atoms with Crippen LogP contribution in [0.4, 0.5) is 0 Å². The van der Waals surface area contributed by atoms with Crippen molar-refractivity contribution in [3.05, 3.63) is 0 Å². The second kappa shape index (κ2) is 3.60. The van der Waals surface area contributed by atoms with Gasteiger partial charge in [-0.25, -0.2) is 0 Å². The minimum atomic E-state index is -0.128. The Morgan fingerprint density at radius 3 is 1.14 bits per heavy atom. The van der Waals surface area contributed by atoms with E-state index in [0.717, 1.165) is 0 Å². The molecule has 7 heavy (non-hydrogen) atoms. The summed E-state index contributed by atoms with van der Waals surface area (Å²) in [5.41, 5.74) is 0. The van der Waals surface area contributed by atoms with E-state index in [0.29, 0.717) is 0 Å². The molecule has 0 aromatic heterocycles. The van der Waals surface area contributed by atoms with Crippen LogP contribution in [0.5, 0.6) is 0 Å². The molecular weight excluding hydrogens is 163 g/mol. The second-order valence-corrected chi connectivity index (χ2v) is 7.66. The molecule has 0 aliphatic rings. The van der Waals surface area contributed by atoms with E-state index in [1.54, 1.807) is 6.41 Å². The third-order valence-corrected chi connectivity index (χ3v) is 2.96. The number of rotatable bonds is 0. The molecule has 0 atom stereocenters. The van der Waals surface area contributed by atoms with Gasteiger partial charge in [0, 0.05) is 0 Å². The quantitative estimate of drug-likeness (QED) is 0.523. The van der Waals surface area contributed by atoms with Crippen LogP contribution < -0.4 is 0 Å². The Balaban J connectivity index is 4.13. The van der Waals surface area contributed by atoms with Crippen LogP contribution in [-0.4, -0.2) is 6.41 Å². The Labute approximate surface area is 56.5 Å². The third kappa shape index (κ3) is 6.62. The summed E-state index contributed by atoms with van der Waals surface area (Å²) in [6.07, 6.45) is 0. The molecule has 0 amide bonds. The van der Waals surface area contributed by atoms with Gasteiger partial charge in [0.2, 0.25) is 0 Å². The summed E-state index contributed by atoms with van der Waals surface area (Å²) in [7, 11) is 0. The van der Waals surface area contributed by atoms with Crippen LogP contribution >= 0.6 is 0 Å². The standard InChI is InChI=1S/2C3H6.Zr/c2*1-3-2;/h2*1-2H3;. The first kappa shape index (κ1) is 7.62. The summed E-state index contributed by atoms with van der Waals surface area (Å²) >= 11 is -0.128. The number of hydrogen-bond donors (Lipinski definition) is 0. The molecule has 0 radical (unpaired) electrons. The maximum absolute atomic E-state index is 2.24. The molecule has 0 bridgehead atoms. The molecule has 0 saturated heterocycles. The van der Waals surface area contributed by atoms with Gasteiger partial charge >= 0.3 is 56.4 Å². The summed E-state index contributed by atoms with van der Waals surface area (Å²) in [6, 6.07) is 0. The minimum absolute atomic E-state index is 0.128. The average molecular weight is 175 g/mol. The Hall–Kier alpha value is 0.623. The summed E-state index contributed by atoms with van der Waals surface area (Å²) in [6.45, 7) is 8.94. The predicted molar refractivity (Wildman–Crippen MR) is 32.7 cm³/mol. The van der Waals surface area contributed by atoms with E-state index in [1.807, 2.05) is 0 Å². The Kier molecular flexibility index (Phi) is 3.92. The second-order valence-electron chi connectivity index (χ2n) is 2.12. The SMILES string of the molecule is C[C](C)=[Zr]=[C](C)C. The Morgan fingerprint density at radius 1 is 0.857 bits per heavy atom. The first-order valence-electron chi connectivity index (χ1n) is 2.50. The molecule has 0 aromatic rings. The molecule has 0 aromatic carbocycles. The van der Waals surface area contributed by atoms with Crippen molar-refractivity contribution in [2.75, 3.05) is 0 Å². The molecule has 0 spiro atoms. The van der Waals surface area contributed by atoms with Gasteiger partial charge in [-0.2, -0.15) is 0 Å². The fraction of sp³-hybridized carbons (Fsp3) is 0.667. The van der Waals surface area contributed by atoms with E-state index < -0.39 is 0 Å². The van der Waals surface area contributed by atoms with Crippen molar-refractivity contribution >= 4 is 6.41 Å². The first-order chi connectivity index (χ1) is 3.13. The molecular formula is C6H12Zr. The van der Waals surface area contributed by atoms with Crippen LogP contribution in [0.2, 0.25) is 0 Å². The van der Waals surface area contributed by atoms with Gasteiger partial charge in [-0.05, 0) is 0 Å². The zero-order chi connectivity index (χ0) is 5.86. The van der Waals surface area contributed by atoms with Gasteiger partial charge in [0.25, 0.3) is 0 Å².